The van der Waals surface area contributed by atoms with E-state index in [0.29, 0.717) is 18.9 Å². The number of nitrogens with zero attached hydrogens (tertiary/aromatic N) is 2. The zero-order valence-electron chi connectivity index (χ0n) is 9.85. The first-order valence-electron chi connectivity index (χ1n) is 6.08. The maximum absolute atomic E-state index is 11.6. The van der Waals surface area contributed by atoms with Gasteiger partial charge in [-0.05, 0) is 44.0 Å². The first kappa shape index (κ1) is 12.0. The fourth-order valence-electron chi connectivity index (χ4n) is 2.00. The van der Waals surface area contributed by atoms with Gasteiger partial charge in [0.05, 0.1) is 12.2 Å². The van der Waals surface area contributed by atoms with Gasteiger partial charge in [0.25, 0.3) is 0 Å². The zero-order valence-corrected chi connectivity index (χ0v) is 9.85. The molecule has 1 aliphatic rings. The first-order valence-corrected chi connectivity index (χ1v) is 6.08. The van der Waals surface area contributed by atoms with Crippen LogP contribution >= 0.6 is 0 Å². The van der Waals surface area contributed by atoms with E-state index in [4.69, 9.17) is 0 Å². The van der Waals surface area contributed by atoms with E-state index in [2.05, 4.69) is 20.8 Å². The third-order valence-corrected chi connectivity index (χ3v) is 3.04. The Hall–Kier alpha value is -1.49. The average Bonchev–Trinajstić information content (AvgIpc) is 2.88. The summed E-state index contributed by atoms with van der Waals surface area (Å²) in [7, 11) is 0. The van der Waals surface area contributed by atoms with Crippen LogP contribution in [0.3, 0.4) is 0 Å². The number of hydrogen-bond donors (Lipinski definition) is 2. The lowest BCUT2D eigenvalue weighted by molar-refractivity contribution is -0.121. The number of carbonyl (C=O) groups excluding carboxylic acids is 1. The topological polar surface area (TPSA) is 66.9 Å². The SMILES string of the molecule is O=C(CCC1CCNC1)NCc1cccnn1. The van der Waals surface area contributed by atoms with E-state index in [1.54, 1.807) is 6.20 Å². The third-order valence-electron chi connectivity index (χ3n) is 3.04. The van der Waals surface area contributed by atoms with Crippen molar-refractivity contribution in [3.05, 3.63) is 24.0 Å². The molecule has 1 aromatic heterocycles. The van der Waals surface area contributed by atoms with Gasteiger partial charge in [0.2, 0.25) is 5.91 Å². The van der Waals surface area contributed by atoms with Gasteiger partial charge >= 0.3 is 0 Å². The second-order valence-electron chi connectivity index (χ2n) is 4.39. The molecule has 1 atom stereocenters. The molecule has 0 aliphatic carbocycles. The zero-order chi connectivity index (χ0) is 11.9. The molecule has 1 saturated heterocycles. The Kier molecular flexibility index (Phi) is 4.44. The number of aromatic nitrogens is 2. The molecule has 1 aromatic rings. The second-order valence-corrected chi connectivity index (χ2v) is 4.39. The Balaban J connectivity index is 1.64. The molecule has 0 radical (unpaired) electrons. The molecule has 1 unspecified atom stereocenters. The Bertz CT molecular complexity index is 349. The molecule has 1 fully saturated rings. The lowest BCUT2D eigenvalue weighted by Crippen LogP contribution is -2.24. The number of hydrogen-bond acceptors (Lipinski definition) is 4. The van der Waals surface area contributed by atoms with Gasteiger partial charge in [-0.25, -0.2) is 0 Å². The van der Waals surface area contributed by atoms with Crippen molar-refractivity contribution in [2.24, 2.45) is 5.92 Å². The molecule has 2 N–H and O–H groups in total. The summed E-state index contributed by atoms with van der Waals surface area (Å²) in [5, 5.41) is 13.8. The quantitative estimate of drug-likeness (QED) is 0.777. The van der Waals surface area contributed by atoms with E-state index in [1.165, 1.54) is 6.42 Å². The van der Waals surface area contributed by atoms with E-state index in [-0.39, 0.29) is 5.91 Å². The van der Waals surface area contributed by atoms with Crippen molar-refractivity contribution >= 4 is 5.91 Å². The van der Waals surface area contributed by atoms with Gasteiger partial charge in [0, 0.05) is 12.6 Å². The molecule has 1 aliphatic heterocycles. The van der Waals surface area contributed by atoms with Crippen LogP contribution in [-0.2, 0) is 11.3 Å². The Morgan fingerprint density at radius 2 is 2.53 bits per heavy atom. The number of carbonyl (C=O) groups is 1. The van der Waals surface area contributed by atoms with E-state index in [9.17, 15) is 4.79 Å². The van der Waals surface area contributed by atoms with E-state index in [1.807, 2.05) is 12.1 Å². The predicted molar refractivity (Wildman–Crippen MR) is 64.1 cm³/mol. The summed E-state index contributed by atoms with van der Waals surface area (Å²) in [5.74, 6) is 0.764. The van der Waals surface area contributed by atoms with Gasteiger partial charge in [0.1, 0.15) is 0 Å². The summed E-state index contributed by atoms with van der Waals surface area (Å²) < 4.78 is 0. The van der Waals surface area contributed by atoms with E-state index in [0.717, 1.165) is 25.2 Å². The van der Waals surface area contributed by atoms with Crippen LogP contribution in [0.4, 0.5) is 0 Å². The van der Waals surface area contributed by atoms with Crippen LogP contribution in [0.5, 0.6) is 0 Å². The molecule has 17 heavy (non-hydrogen) atoms. The lowest BCUT2D eigenvalue weighted by Gasteiger charge is -2.08. The van der Waals surface area contributed by atoms with Gasteiger partial charge in [0.15, 0.2) is 0 Å². The van der Waals surface area contributed by atoms with Crippen molar-refractivity contribution in [3.8, 4) is 0 Å². The highest BCUT2D eigenvalue weighted by Crippen LogP contribution is 2.13. The number of rotatable bonds is 5. The Morgan fingerprint density at radius 3 is 3.24 bits per heavy atom. The molecule has 0 spiro atoms. The standard InChI is InChI=1S/C12H18N4O/c17-12(4-3-10-5-7-13-8-10)14-9-11-2-1-6-15-16-11/h1-2,6,10,13H,3-5,7-9H2,(H,14,17). The molecular weight excluding hydrogens is 216 g/mol. The maximum atomic E-state index is 11.6. The van der Waals surface area contributed by atoms with Crippen molar-refractivity contribution in [3.63, 3.8) is 0 Å². The minimum Gasteiger partial charge on any atom is -0.350 e. The fraction of sp³-hybridized carbons (Fsp3) is 0.583. The summed E-state index contributed by atoms with van der Waals surface area (Å²) in [6.07, 6.45) is 4.39. The van der Waals surface area contributed by atoms with Crippen molar-refractivity contribution < 1.29 is 4.79 Å². The summed E-state index contributed by atoms with van der Waals surface area (Å²) in [6, 6.07) is 3.67. The van der Waals surface area contributed by atoms with Gasteiger partial charge in [-0.2, -0.15) is 10.2 Å². The molecule has 5 heteroatoms. The molecule has 0 aromatic carbocycles. The fourth-order valence-corrected chi connectivity index (χ4v) is 2.00. The summed E-state index contributed by atoms with van der Waals surface area (Å²) in [5.41, 5.74) is 0.795. The number of nitrogens with one attached hydrogen (secondary N) is 2. The molecule has 2 rings (SSSR count). The smallest absolute Gasteiger partial charge is 0.220 e. The highest BCUT2D eigenvalue weighted by molar-refractivity contribution is 5.75. The van der Waals surface area contributed by atoms with Crippen LogP contribution < -0.4 is 10.6 Å². The average molecular weight is 234 g/mol. The van der Waals surface area contributed by atoms with E-state index < -0.39 is 0 Å². The van der Waals surface area contributed by atoms with Crippen molar-refractivity contribution in [1.82, 2.24) is 20.8 Å². The third kappa shape index (κ3) is 4.11. The van der Waals surface area contributed by atoms with E-state index >= 15 is 0 Å². The highest BCUT2D eigenvalue weighted by Gasteiger charge is 2.15. The van der Waals surface area contributed by atoms with Crippen molar-refractivity contribution in [2.45, 2.75) is 25.8 Å². The Morgan fingerprint density at radius 1 is 1.59 bits per heavy atom. The molecule has 0 bridgehead atoms. The van der Waals surface area contributed by atoms with Gasteiger partial charge in [-0.1, -0.05) is 0 Å². The van der Waals surface area contributed by atoms with Crippen LogP contribution in [0.1, 0.15) is 25.0 Å². The van der Waals surface area contributed by atoms with Gasteiger partial charge in [-0.3, -0.25) is 4.79 Å². The van der Waals surface area contributed by atoms with Crippen molar-refractivity contribution in [2.75, 3.05) is 13.1 Å². The second kappa shape index (κ2) is 6.30. The summed E-state index contributed by atoms with van der Waals surface area (Å²) in [4.78, 5) is 11.6. The van der Waals surface area contributed by atoms with Crippen LogP contribution in [0.15, 0.2) is 18.3 Å². The highest BCUT2D eigenvalue weighted by atomic mass is 16.1. The maximum Gasteiger partial charge on any atom is 0.220 e. The van der Waals surface area contributed by atoms with Gasteiger partial charge < -0.3 is 10.6 Å². The Labute approximate surface area is 101 Å². The molecule has 92 valence electrons. The molecule has 5 nitrogen and oxygen atoms in total. The summed E-state index contributed by atoms with van der Waals surface area (Å²) >= 11 is 0. The molecular formula is C12H18N4O. The van der Waals surface area contributed by atoms with Crippen LogP contribution in [0.2, 0.25) is 0 Å². The normalized spacial score (nSPS) is 19.2. The largest absolute Gasteiger partial charge is 0.350 e. The van der Waals surface area contributed by atoms with Crippen molar-refractivity contribution in [1.29, 1.82) is 0 Å². The molecule has 1 amide bonds. The van der Waals surface area contributed by atoms with Gasteiger partial charge in [-0.15, -0.1) is 0 Å². The summed E-state index contributed by atoms with van der Waals surface area (Å²) in [6.45, 7) is 2.61. The first-order chi connectivity index (χ1) is 8.34. The minimum atomic E-state index is 0.0996. The lowest BCUT2D eigenvalue weighted by atomic mass is 10.0. The van der Waals surface area contributed by atoms with Crippen LogP contribution in [-0.4, -0.2) is 29.2 Å². The van der Waals surface area contributed by atoms with Crippen LogP contribution in [0.25, 0.3) is 0 Å². The monoisotopic (exact) mass is 234 g/mol. The minimum absolute atomic E-state index is 0.0996. The molecule has 0 saturated carbocycles. The molecule has 2 heterocycles. The van der Waals surface area contributed by atoms with Crippen LogP contribution in [0, 0.1) is 5.92 Å². The predicted octanol–water partition coefficient (Wildman–Crippen LogP) is 0.482. The number of amides is 1.